The van der Waals surface area contributed by atoms with Gasteiger partial charge in [-0.2, -0.15) is 5.10 Å². The van der Waals surface area contributed by atoms with E-state index in [-0.39, 0.29) is 0 Å². The second-order valence-corrected chi connectivity index (χ2v) is 5.83. The minimum Gasteiger partial charge on any atom is -0.312 e. The molecule has 2 rings (SSSR count). The van der Waals surface area contributed by atoms with Crippen molar-refractivity contribution in [2.24, 2.45) is 11.8 Å². The van der Waals surface area contributed by atoms with Gasteiger partial charge in [0.2, 0.25) is 0 Å². The topological polar surface area (TPSA) is 29.9 Å². The summed E-state index contributed by atoms with van der Waals surface area (Å²) in [5.41, 5.74) is 1.56. The molecule has 1 aliphatic carbocycles. The van der Waals surface area contributed by atoms with Gasteiger partial charge in [0.15, 0.2) is 0 Å². The highest BCUT2D eigenvalue weighted by Gasteiger charge is 2.18. The molecular weight excluding hydrogens is 222 g/mol. The van der Waals surface area contributed by atoms with Gasteiger partial charge in [-0.05, 0) is 51.1 Å². The van der Waals surface area contributed by atoms with Crippen molar-refractivity contribution in [3.63, 3.8) is 0 Å². The summed E-state index contributed by atoms with van der Waals surface area (Å²) in [7, 11) is 0. The smallest absolute Gasteiger partial charge is 0.0559 e. The fourth-order valence-corrected chi connectivity index (χ4v) is 2.96. The van der Waals surface area contributed by atoms with Gasteiger partial charge in [0.05, 0.1) is 6.54 Å². The summed E-state index contributed by atoms with van der Waals surface area (Å²) in [6.45, 7) is 8.89. The lowest BCUT2D eigenvalue weighted by atomic mass is 9.83. The number of nitrogens with one attached hydrogen (secondary N) is 1. The Balaban J connectivity index is 1.73. The minimum atomic E-state index is 0.478. The van der Waals surface area contributed by atoms with Crippen LogP contribution < -0.4 is 5.32 Å². The van der Waals surface area contributed by atoms with Gasteiger partial charge in [0, 0.05) is 18.4 Å². The van der Waals surface area contributed by atoms with Crippen LogP contribution in [-0.2, 0) is 6.54 Å². The molecule has 0 amide bonds. The molecule has 18 heavy (non-hydrogen) atoms. The molecule has 1 N–H and O–H groups in total. The van der Waals surface area contributed by atoms with Crippen molar-refractivity contribution in [2.45, 2.75) is 46.2 Å². The predicted molar refractivity (Wildman–Crippen MR) is 75.3 cm³/mol. The van der Waals surface area contributed by atoms with Crippen LogP contribution in [0, 0.1) is 11.8 Å². The van der Waals surface area contributed by atoms with Crippen molar-refractivity contribution < 1.29 is 0 Å². The van der Waals surface area contributed by atoms with Crippen molar-refractivity contribution in [1.29, 1.82) is 0 Å². The molecule has 0 radical (unpaired) electrons. The number of nitrogens with zero attached hydrogens (tertiary/aromatic N) is 2. The molecule has 1 aromatic heterocycles. The van der Waals surface area contributed by atoms with Crippen LogP contribution in [0.3, 0.4) is 0 Å². The Labute approximate surface area is 110 Å². The van der Waals surface area contributed by atoms with Gasteiger partial charge in [-0.25, -0.2) is 0 Å². The molecule has 1 aromatic rings. The number of rotatable bonds is 5. The standard InChI is InChI=1S/C15H25N3/c1-12-7-13(2)9-15(8-12)10-16-14(3)11-18-6-4-5-17-18/h4-7,12,14-16H,8-11H2,1-3H3. The average Bonchev–Trinajstić information content (AvgIpc) is 2.78. The van der Waals surface area contributed by atoms with E-state index < -0.39 is 0 Å². The molecule has 1 heterocycles. The first-order valence-corrected chi connectivity index (χ1v) is 7.01. The zero-order valence-corrected chi connectivity index (χ0v) is 11.8. The van der Waals surface area contributed by atoms with E-state index in [9.17, 15) is 0 Å². The second-order valence-electron chi connectivity index (χ2n) is 5.83. The highest BCUT2D eigenvalue weighted by Crippen LogP contribution is 2.27. The van der Waals surface area contributed by atoms with Gasteiger partial charge >= 0.3 is 0 Å². The zero-order valence-electron chi connectivity index (χ0n) is 11.8. The fraction of sp³-hybridized carbons (Fsp3) is 0.667. The van der Waals surface area contributed by atoms with Crippen LogP contribution in [0.2, 0.25) is 0 Å². The molecule has 0 saturated heterocycles. The molecule has 3 heteroatoms. The largest absolute Gasteiger partial charge is 0.312 e. The van der Waals surface area contributed by atoms with Crippen molar-refractivity contribution in [2.75, 3.05) is 6.54 Å². The van der Waals surface area contributed by atoms with E-state index in [0.29, 0.717) is 6.04 Å². The lowest BCUT2D eigenvalue weighted by Gasteiger charge is -2.27. The molecule has 3 atom stereocenters. The monoisotopic (exact) mass is 247 g/mol. The molecule has 3 unspecified atom stereocenters. The SMILES string of the molecule is CC1=CC(C)CC(CNC(C)Cn2cccn2)C1. The summed E-state index contributed by atoms with van der Waals surface area (Å²) in [6.07, 6.45) is 8.85. The fourth-order valence-electron chi connectivity index (χ4n) is 2.96. The van der Waals surface area contributed by atoms with Gasteiger partial charge < -0.3 is 5.32 Å². The number of hydrogen-bond donors (Lipinski definition) is 1. The Bertz CT molecular complexity index is 380. The second kappa shape index (κ2) is 6.19. The maximum atomic E-state index is 4.24. The van der Waals surface area contributed by atoms with E-state index in [2.05, 4.69) is 37.3 Å². The maximum absolute atomic E-state index is 4.24. The molecule has 1 aliphatic rings. The molecule has 100 valence electrons. The van der Waals surface area contributed by atoms with E-state index in [0.717, 1.165) is 24.9 Å². The van der Waals surface area contributed by atoms with Crippen LogP contribution in [0.5, 0.6) is 0 Å². The molecule has 0 aliphatic heterocycles. The normalized spacial score (nSPS) is 25.8. The summed E-state index contributed by atoms with van der Waals surface area (Å²) in [5, 5.41) is 7.89. The van der Waals surface area contributed by atoms with E-state index >= 15 is 0 Å². The maximum Gasteiger partial charge on any atom is 0.0559 e. The molecule has 0 saturated carbocycles. The number of allylic oxidation sites excluding steroid dienone is 2. The molecule has 0 bridgehead atoms. The van der Waals surface area contributed by atoms with Gasteiger partial charge in [0.25, 0.3) is 0 Å². The summed E-state index contributed by atoms with van der Waals surface area (Å²) in [6, 6.07) is 2.45. The molecule has 0 spiro atoms. The van der Waals surface area contributed by atoms with Crippen LogP contribution in [-0.4, -0.2) is 22.4 Å². The van der Waals surface area contributed by atoms with Gasteiger partial charge in [-0.3, -0.25) is 4.68 Å². The Hall–Kier alpha value is -1.09. The van der Waals surface area contributed by atoms with Crippen LogP contribution in [0.1, 0.15) is 33.6 Å². The van der Waals surface area contributed by atoms with E-state index in [1.165, 1.54) is 12.8 Å². The van der Waals surface area contributed by atoms with E-state index in [1.807, 2.05) is 23.1 Å². The summed E-state index contributed by atoms with van der Waals surface area (Å²) >= 11 is 0. The molecule has 0 aromatic carbocycles. The third kappa shape index (κ3) is 3.98. The summed E-state index contributed by atoms with van der Waals surface area (Å²) in [5.74, 6) is 1.54. The first kappa shape index (κ1) is 13.3. The highest BCUT2D eigenvalue weighted by atomic mass is 15.3. The third-order valence-corrected chi connectivity index (χ3v) is 3.66. The third-order valence-electron chi connectivity index (χ3n) is 3.66. The lowest BCUT2D eigenvalue weighted by Crippen LogP contribution is -2.35. The number of hydrogen-bond acceptors (Lipinski definition) is 2. The summed E-state index contributed by atoms with van der Waals surface area (Å²) < 4.78 is 1.99. The zero-order chi connectivity index (χ0) is 13.0. The lowest BCUT2D eigenvalue weighted by molar-refractivity contribution is 0.349. The minimum absolute atomic E-state index is 0.478. The average molecular weight is 247 g/mol. The van der Waals surface area contributed by atoms with Gasteiger partial charge in [-0.1, -0.05) is 18.6 Å². The first-order valence-electron chi connectivity index (χ1n) is 7.01. The van der Waals surface area contributed by atoms with Crippen LogP contribution in [0.15, 0.2) is 30.1 Å². The summed E-state index contributed by atoms with van der Waals surface area (Å²) in [4.78, 5) is 0. The molecule has 3 nitrogen and oxygen atoms in total. The van der Waals surface area contributed by atoms with Crippen LogP contribution in [0.4, 0.5) is 0 Å². The van der Waals surface area contributed by atoms with Crippen molar-refractivity contribution >= 4 is 0 Å². The van der Waals surface area contributed by atoms with E-state index in [4.69, 9.17) is 0 Å². The Kier molecular flexibility index (Phi) is 4.59. The van der Waals surface area contributed by atoms with Crippen molar-refractivity contribution in [3.05, 3.63) is 30.1 Å². The van der Waals surface area contributed by atoms with Crippen LogP contribution in [0.25, 0.3) is 0 Å². The van der Waals surface area contributed by atoms with Crippen LogP contribution >= 0.6 is 0 Å². The van der Waals surface area contributed by atoms with Crippen molar-refractivity contribution in [1.82, 2.24) is 15.1 Å². The van der Waals surface area contributed by atoms with Gasteiger partial charge in [-0.15, -0.1) is 0 Å². The molecular formula is C15H25N3. The Morgan fingerprint density at radius 3 is 3.06 bits per heavy atom. The van der Waals surface area contributed by atoms with Crippen molar-refractivity contribution in [3.8, 4) is 0 Å². The molecule has 0 fully saturated rings. The highest BCUT2D eigenvalue weighted by molar-refractivity contribution is 5.06. The first-order chi connectivity index (χ1) is 8.63. The number of aromatic nitrogens is 2. The predicted octanol–water partition coefficient (Wildman–Crippen LogP) is 2.85. The van der Waals surface area contributed by atoms with E-state index in [1.54, 1.807) is 5.57 Å². The quantitative estimate of drug-likeness (QED) is 0.811. The van der Waals surface area contributed by atoms with Gasteiger partial charge in [0.1, 0.15) is 0 Å². The Morgan fingerprint density at radius 2 is 2.39 bits per heavy atom. The Morgan fingerprint density at radius 1 is 1.56 bits per heavy atom.